The van der Waals surface area contributed by atoms with Crippen LogP contribution in [-0.2, 0) is 4.79 Å². The molecule has 5 nitrogen and oxygen atoms in total. The lowest BCUT2D eigenvalue weighted by Crippen LogP contribution is -2.21. The largest absolute Gasteiger partial charge is 0.360 e. The van der Waals surface area contributed by atoms with Crippen LogP contribution in [0.2, 0.25) is 0 Å². The van der Waals surface area contributed by atoms with E-state index in [0.717, 1.165) is 10.2 Å². The number of hydrogen-bond donors (Lipinski definition) is 2. The molecule has 1 amide bonds. The third-order valence-corrected chi connectivity index (χ3v) is 2.71. The van der Waals surface area contributed by atoms with Crippen LogP contribution in [0.3, 0.4) is 0 Å². The van der Waals surface area contributed by atoms with Crippen LogP contribution in [0.25, 0.3) is 0 Å². The maximum atomic E-state index is 11.6. The number of carbonyl (C=O) groups excluding carboxylic acids is 1. The van der Waals surface area contributed by atoms with Crippen LogP contribution in [-0.4, -0.2) is 17.6 Å². The Morgan fingerprint density at radius 1 is 1.39 bits per heavy atom. The zero-order chi connectivity index (χ0) is 13.0. The summed E-state index contributed by atoms with van der Waals surface area (Å²) in [6.45, 7) is 1.93. The Bertz CT molecular complexity index is 537. The molecule has 1 heterocycles. The van der Waals surface area contributed by atoms with Gasteiger partial charge in [0.05, 0.1) is 6.54 Å². The Morgan fingerprint density at radius 3 is 2.72 bits per heavy atom. The predicted octanol–water partition coefficient (Wildman–Crippen LogP) is 2.80. The molecule has 0 saturated heterocycles. The van der Waals surface area contributed by atoms with Crippen molar-refractivity contribution in [3.8, 4) is 0 Å². The Labute approximate surface area is 113 Å². The van der Waals surface area contributed by atoms with Gasteiger partial charge >= 0.3 is 0 Å². The first-order valence-electron chi connectivity index (χ1n) is 5.36. The molecule has 94 valence electrons. The van der Waals surface area contributed by atoms with Crippen molar-refractivity contribution in [2.24, 2.45) is 0 Å². The van der Waals surface area contributed by atoms with Gasteiger partial charge in [-0.1, -0.05) is 21.1 Å². The zero-order valence-corrected chi connectivity index (χ0v) is 11.3. The first-order valence-corrected chi connectivity index (χ1v) is 6.15. The lowest BCUT2D eigenvalue weighted by Gasteiger charge is -2.05. The van der Waals surface area contributed by atoms with Crippen molar-refractivity contribution in [2.75, 3.05) is 17.2 Å². The van der Waals surface area contributed by atoms with E-state index in [1.54, 1.807) is 13.0 Å². The minimum Gasteiger partial charge on any atom is -0.360 e. The van der Waals surface area contributed by atoms with Crippen molar-refractivity contribution in [1.29, 1.82) is 0 Å². The number of nitrogens with zero attached hydrogens (tertiary/aromatic N) is 1. The summed E-state index contributed by atoms with van der Waals surface area (Å²) in [5, 5.41) is 9.37. The molecule has 0 fully saturated rings. The molecule has 18 heavy (non-hydrogen) atoms. The van der Waals surface area contributed by atoms with Crippen LogP contribution in [0.15, 0.2) is 39.3 Å². The van der Waals surface area contributed by atoms with E-state index in [9.17, 15) is 4.79 Å². The van der Waals surface area contributed by atoms with E-state index in [4.69, 9.17) is 4.52 Å². The lowest BCUT2D eigenvalue weighted by molar-refractivity contribution is -0.114. The lowest BCUT2D eigenvalue weighted by atomic mass is 10.3. The number of amides is 1. The summed E-state index contributed by atoms with van der Waals surface area (Å²) in [4.78, 5) is 11.6. The summed E-state index contributed by atoms with van der Waals surface area (Å²) in [5.74, 6) is 1.11. The monoisotopic (exact) mass is 309 g/mol. The average Bonchev–Trinajstić information content (AvgIpc) is 2.76. The molecular weight excluding hydrogens is 298 g/mol. The number of aryl methyl sites for hydroxylation is 1. The summed E-state index contributed by atoms with van der Waals surface area (Å²) in [7, 11) is 0. The molecule has 0 atom stereocenters. The normalized spacial score (nSPS) is 10.1. The van der Waals surface area contributed by atoms with Crippen LogP contribution in [0, 0.1) is 6.92 Å². The van der Waals surface area contributed by atoms with Gasteiger partial charge in [0.15, 0.2) is 5.82 Å². The molecule has 1 aromatic heterocycles. The molecule has 0 aliphatic carbocycles. The van der Waals surface area contributed by atoms with E-state index in [2.05, 4.69) is 31.7 Å². The second-order valence-electron chi connectivity index (χ2n) is 3.73. The molecule has 0 aliphatic rings. The number of hydrogen-bond acceptors (Lipinski definition) is 4. The molecule has 6 heteroatoms. The van der Waals surface area contributed by atoms with Crippen LogP contribution in [0.5, 0.6) is 0 Å². The number of aromatic nitrogens is 1. The second-order valence-corrected chi connectivity index (χ2v) is 4.65. The SMILES string of the molecule is Cc1cc(NCC(=O)Nc2ccc(Br)cc2)no1. The molecule has 2 rings (SSSR count). The molecule has 0 radical (unpaired) electrons. The molecule has 2 aromatic rings. The highest BCUT2D eigenvalue weighted by Gasteiger charge is 2.04. The van der Waals surface area contributed by atoms with Crippen molar-refractivity contribution in [1.82, 2.24) is 5.16 Å². The summed E-state index contributed by atoms with van der Waals surface area (Å²) >= 11 is 3.33. The van der Waals surface area contributed by atoms with E-state index in [1.165, 1.54) is 0 Å². The van der Waals surface area contributed by atoms with Crippen LogP contribution >= 0.6 is 15.9 Å². The molecule has 0 unspecified atom stereocenters. The first kappa shape index (κ1) is 12.6. The third-order valence-electron chi connectivity index (χ3n) is 2.19. The Hall–Kier alpha value is -1.82. The van der Waals surface area contributed by atoms with E-state index < -0.39 is 0 Å². The fraction of sp³-hybridized carbons (Fsp3) is 0.167. The quantitative estimate of drug-likeness (QED) is 0.911. The molecule has 0 aliphatic heterocycles. The van der Waals surface area contributed by atoms with Gasteiger partial charge in [-0.25, -0.2) is 0 Å². The smallest absolute Gasteiger partial charge is 0.243 e. The summed E-state index contributed by atoms with van der Waals surface area (Å²) in [6.07, 6.45) is 0. The molecular formula is C12H12BrN3O2. The van der Waals surface area contributed by atoms with E-state index in [0.29, 0.717) is 11.6 Å². The summed E-state index contributed by atoms with van der Waals surface area (Å²) in [6, 6.07) is 9.10. The van der Waals surface area contributed by atoms with Crippen LogP contribution in [0.1, 0.15) is 5.76 Å². The fourth-order valence-electron chi connectivity index (χ4n) is 1.36. The maximum Gasteiger partial charge on any atom is 0.243 e. The molecule has 1 aromatic carbocycles. The number of carbonyl (C=O) groups is 1. The number of anilines is 2. The fourth-order valence-corrected chi connectivity index (χ4v) is 1.62. The van der Waals surface area contributed by atoms with Gasteiger partial charge in [-0.2, -0.15) is 0 Å². The van der Waals surface area contributed by atoms with E-state index >= 15 is 0 Å². The molecule has 0 saturated carbocycles. The van der Waals surface area contributed by atoms with Gasteiger partial charge in [0.2, 0.25) is 5.91 Å². The molecule has 0 spiro atoms. The van der Waals surface area contributed by atoms with Gasteiger partial charge in [-0.3, -0.25) is 4.79 Å². The van der Waals surface area contributed by atoms with Gasteiger partial charge in [0.25, 0.3) is 0 Å². The van der Waals surface area contributed by atoms with Crippen LogP contribution < -0.4 is 10.6 Å². The standard InChI is InChI=1S/C12H12BrN3O2/c1-8-6-11(16-18-8)14-7-12(17)15-10-4-2-9(13)3-5-10/h2-6H,7H2,1H3,(H,14,16)(H,15,17). The number of halogens is 1. The predicted molar refractivity (Wildman–Crippen MR) is 72.5 cm³/mol. The van der Waals surface area contributed by atoms with E-state index in [1.807, 2.05) is 24.3 Å². The third kappa shape index (κ3) is 3.59. The van der Waals surface area contributed by atoms with Crippen molar-refractivity contribution in [2.45, 2.75) is 6.92 Å². The number of rotatable bonds is 4. The Kier molecular flexibility index (Phi) is 3.99. The van der Waals surface area contributed by atoms with Crippen molar-refractivity contribution >= 4 is 33.3 Å². The highest BCUT2D eigenvalue weighted by molar-refractivity contribution is 9.10. The van der Waals surface area contributed by atoms with Gasteiger partial charge < -0.3 is 15.2 Å². The molecule has 0 bridgehead atoms. The van der Waals surface area contributed by atoms with Gasteiger partial charge in [-0.05, 0) is 31.2 Å². The van der Waals surface area contributed by atoms with E-state index in [-0.39, 0.29) is 12.5 Å². The first-order chi connectivity index (χ1) is 8.63. The summed E-state index contributed by atoms with van der Waals surface area (Å²) in [5.41, 5.74) is 0.751. The Balaban J connectivity index is 1.83. The summed E-state index contributed by atoms with van der Waals surface area (Å²) < 4.78 is 5.85. The number of nitrogens with one attached hydrogen (secondary N) is 2. The van der Waals surface area contributed by atoms with Crippen LogP contribution in [0.4, 0.5) is 11.5 Å². The van der Waals surface area contributed by atoms with Crippen molar-refractivity contribution in [3.05, 3.63) is 40.6 Å². The molecule has 2 N–H and O–H groups in total. The second kappa shape index (κ2) is 5.68. The minimum atomic E-state index is -0.141. The Morgan fingerprint density at radius 2 is 2.11 bits per heavy atom. The van der Waals surface area contributed by atoms with Gasteiger partial charge in [0.1, 0.15) is 5.76 Å². The van der Waals surface area contributed by atoms with Gasteiger partial charge in [-0.15, -0.1) is 0 Å². The maximum absolute atomic E-state index is 11.6. The van der Waals surface area contributed by atoms with Gasteiger partial charge in [0, 0.05) is 16.2 Å². The number of benzene rings is 1. The van der Waals surface area contributed by atoms with Crippen molar-refractivity contribution in [3.63, 3.8) is 0 Å². The minimum absolute atomic E-state index is 0.141. The average molecular weight is 310 g/mol. The topological polar surface area (TPSA) is 67.2 Å². The zero-order valence-electron chi connectivity index (χ0n) is 9.74. The highest BCUT2D eigenvalue weighted by atomic mass is 79.9. The highest BCUT2D eigenvalue weighted by Crippen LogP contribution is 2.14. The van der Waals surface area contributed by atoms with Crippen molar-refractivity contribution < 1.29 is 9.32 Å².